The molecule has 2 heterocycles. The van der Waals surface area contributed by atoms with Crippen molar-refractivity contribution in [1.82, 2.24) is 9.88 Å². The molecular formula is C17H20FN3O2S. The molecule has 2 N–H and O–H groups in total. The molecule has 0 spiro atoms. The predicted molar refractivity (Wildman–Crippen MR) is 90.6 cm³/mol. The van der Waals surface area contributed by atoms with Crippen LogP contribution in [0.5, 0.6) is 5.75 Å². The van der Waals surface area contributed by atoms with E-state index < -0.39 is 0 Å². The largest absolute Gasteiger partial charge is 0.486 e. The van der Waals surface area contributed by atoms with Gasteiger partial charge in [0.25, 0.3) is 5.91 Å². The lowest BCUT2D eigenvalue weighted by molar-refractivity contribution is 0.0791. The summed E-state index contributed by atoms with van der Waals surface area (Å²) in [6, 6.07) is 5.83. The molecule has 0 radical (unpaired) electrons. The smallest absolute Gasteiger partial charge is 0.265 e. The number of halogens is 1. The highest BCUT2D eigenvalue weighted by Gasteiger charge is 2.28. The number of hydrogen-bond donors (Lipinski definition) is 1. The van der Waals surface area contributed by atoms with Gasteiger partial charge in [0, 0.05) is 13.1 Å². The fraction of sp³-hybridized carbons (Fsp3) is 0.412. The Hall–Kier alpha value is -1.99. The average molecular weight is 349 g/mol. The zero-order valence-corrected chi connectivity index (χ0v) is 14.3. The molecule has 1 aliphatic rings. The maximum atomic E-state index is 12.9. The minimum Gasteiger partial charge on any atom is -0.486 e. The van der Waals surface area contributed by atoms with Gasteiger partial charge in [-0.3, -0.25) is 4.79 Å². The van der Waals surface area contributed by atoms with Crippen LogP contribution in [0.3, 0.4) is 0 Å². The number of nitrogens with zero attached hydrogens (tertiary/aromatic N) is 2. The van der Waals surface area contributed by atoms with Crippen LogP contribution in [0.1, 0.15) is 26.8 Å². The highest BCUT2D eigenvalue weighted by Crippen LogP contribution is 2.25. The lowest BCUT2D eigenvalue weighted by Crippen LogP contribution is -2.29. The van der Waals surface area contributed by atoms with Gasteiger partial charge in [0.2, 0.25) is 0 Å². The molecule has 1 fully saturated rings. The molecule has 1 atom stereocenters. The molecule has 3 rings (SSSR count). The van der Waals surface area contributed by atoms with E-state index >= 15 is 0 Å². The van der Waals surface area contributed by atoms with Gasteiger partial charge in [0.15, 0.2) is 0 Å². The number of rotatable bonds is 5. The zero-order chi connectivity index (χ0) is 17.1. The standard InChI is InChI=1S/C17H20FN3O2S/c1-11-16(17(22)21-7-6-12(8-19)9-21)24-15(20-11)10-23-14-4-2-13(18)3-5-14/h2-5,12H,6-10,19H2,1H3. The molecule has 24 heavy (non-hydrogen) atoms. The molecule has 1 saturated heterocycles. The van der Waals surface area contributed by atoms with Gasteiger partial charge in [-0.15, -0.1) is 11.3 Å². The van der Waals surface area contributed by atoms with Crippen molar-refractivity contribution in [2.45, 2.75) is 20.0 Å². The van der Waals surface area contributed by atoms with Crippen molar-refractivity contribution in [3.05, 3.63) is 45.7 Å². The van der Waals surface area contributed by atoms with Gasteiger partial charge in [-0.05, 0) is 50.1 Å². The number of likely N-dealkylation sites (tertiary alicyclic amines) is 1. The van der Waals surface area contributed by atoms with Gasteiger partial charge in [-0.25, -0.2) is 9.37 Å². The second-order valence-electron chi connectivity index (χ2n) is 5.91. The zero-order valence-electron chi connectivity index (χ0n) is 13.5. The normalized spacial score (nSPS) is 17.3. The van der Waals surface area contributed by atoms with Crippen molar-refractivity contribution in [3.63, 3.8) is 0 Å². The first-order valence-electron chi connectivity index (χ1n) is 7.91. The number of thiazole rings is 1. The molecule has 2 aromatic rings. The topological polar surface area (TPSA) is 68.5 Å². The van der Waals surface area contributed by atoms with E-state index in [4.69, 9.17) is 10.5 Å². The first-order valence-corrected chi connectivity index (χ1v) is 8.72. The van der Waals surface area contributed by atoms with E-state index in [9.17, 15) is 9.18 Å². The molecule has 0 saturated carbocycles. The highest BCUT2D eigenvalue weighted by atomic mass is 32.1. The van der Waals surface area contributed by atoms with Crippen LogP contribution in [0.2, 0.25) is 0 Å². The Kier molecular flexibility index (Phi) is 5.11. The number of aryl methyl sites for hydroxylation is 1. The molecular weight excluding hydrogens is 329 g/mol. The summed E-state index contributed by atoms with van der Waals surface area (Å²) in [7, 11) is 0. The van der Waals surface area contributed by atoms with Crippen LogP contribution in [-0.4, -0.2) is 35.4 Å². The molecule has 0 aliphatic carbocycles. The monoisotopic (exact) mass is 349 g/mol. The van der Waals surface area contributed by atoms with Crippen molar-refractivity contribution >= 4 is 17.2 Å². The van der Waals surface area contributed by atoms with Crippen LogP contribution in [0.4, 0.5) is 4.39 Å². The number of aromatic nitrogens is 1. The van der Waals surface area contributed by atoms with Crippen LogP contribution >= 0.6 is 11.3 Å². The summed E-state index contributed by atoms with van der Waals surface area (Å²) in [5.41, 5.74) is 6.41. The van der Waals surface area contributed by atoms with Gasteiger partial charge in [0.1, 0.15) is 28.1 Å². The Bertz CT molecular complexity index is 717. The Morgan fingerprint density at radius 3 is 2.88 bits per heavy atom. The number of nitrogens with two attached hydrogens (primary N) is 1. The van der Waals surface area contributed by atoms with Crippen molar-refractivity contribution in [1.29, 1.82) is 0 Å². The lowest BCUT2D eigenvalue weighted by Gasteiger charge is -2.15. The molecule has 1 aliphatic heterocycles. The number of carbonyl (C=O) groups excluding carboxylic acids is 1. The average Bonchev–Trinajstić information content (AvgIpc) is 3.20. The molecule has 128 valence electrons. The van der Waals surface area contributed by atoms with E-state index in [0.717, 1.165) is 23.7 Å². The van der Waals surface area contributed by atoms with Crippen LogP contribution in [0, 0.1) is 18.7 Å². The van der Waals surface area contributed by atoms with Gasteiger partial charge in [-0.1, -0.05) is 0 Å². The van der Waals surface area contributed by atoms with Gasteiger partial charge in [-0.2, -0.15) is 0 Å². The molecule has 1 amide bonds. The van der Waals surface area contributed by atoms with Crippen LogP contribution in [0.25, 0.3) is 0 Å². The fourth-order valence-electron chi connectivity index (χ4n) is 2.74. The molecule has 1 unspecified atom stereocenters. The summed E-state index contributed by atoms with van der Waals surface area (Å²) in [5.74, 6) is 0.682. The van der Waals surface area contributed by atoms with Crippen LogP contribution < -0.4 is 10.5 Å². The number of carbonyl (C=O) groups is 1. The molecule has 1 aromatic carbocycles. The molecule has 0 bridgehead atoms. The van der Waals surface area contributed by atoms with Crippen LogP contribution in [0.15, 0.2) is 24.3 Å². The summed E-state index contributed by atoms with van der Waals surface area (Å²) in [6.45, 7) is 4.17. The number of amides is 1. The maximum Gasteiger partial charge on any atom is 0.265 e. The summed E-state index contributed by atoms with van der Waals surface area (Å²) in [6.07, 6.45) is 0.959. The third-order valence-electron chi connectivity index (χ3n) is 4.12. The second kappa shape index (κ2) is 7.27. The quantitative estimate of drug-likeness (QED) is 0.901. The fourth-order valence-corrected chi connectivity index (χ4v) is 3.69. The Labute approximate surface area is 144 Å². The summed E-state index contributed by atoms with van der Waals surface area (Å²) in [5, 5.41) is 0.731. The summed E-state index contributed by atoms with van der Waals surface area (Å²) in [4.78, 5) is 19.6. The van der Waals surface area contributed by atoms with Crippen molar-refractivity contribution in [2.75, 3.05) is 19.6 Å². The lowest BCUT2D eigenvalue weighted by atomic mass is 10.1. The second-order valence-corrected chi connectivity index (χ2v) is 6.99. The maximum absolute atomic E-state index is 12.9. The predicted octanol–water partition coefficient (Wildman–Crippen LogP) is 2.59. The minimum absolute atomic E-state index is 0.0222. The summed E-state index contributed by atoms with van der Waals surface area (Å²) < 4.78 is 18.5. The highest BCUT2D eigenvalue weighted by molar-refractivity contribution is 7.13. The van der Waals surface area contributed by atoms with E-state index in [-0.39, 0.29) is 18.3 Å². The minimum atomic E-state index is -0.304. The number of ether oxygens (including phenoxy) is 1. The van der Waals surface area contributed by atoms with Crippen molar-refractivity contribution < 1.29 is 13.9 Å². The Balaban J connectivity index is 1.64. The van der Waals surface area contributed by atoms with Crippen LogP contribution in [-0.2, 0) is 6.61 Å². The van der Waals surface area contributed by atoms with E-state index in [2.05, 4.69) is 4.98 Å². The van der Waals surface area contributed by atoms with E-state index in [1.54, 1.807) is 12.1 Å². The number of hydrogen-bond acceptors (Lipinski definition) is 5. The van der Waals surface area contributed by atoms with Crippen molar-refractivity contribution in [3.8, 4) is 5.75 Å². The van der Waals surface area contributed by atoms with Gasteiger partial charge < -0.3 is 15.4 Å². The molecule has 5 nitrogen and oxygen atoms in total. The first kappa shape index (κ1) is 16.9. The third kappa shape index (κ3) is 3.73. The van der Waals surface area contributed by atoms with E-state index in [0.29, 0.717) is 29.6 Å². The van der Waals surface area contributed by atoms with Crippen molar-refractivity contribution in [2.24, 2.45) is 11.7 Å². The van der Waals surface area contributed by atoms with Gasteiger partial charge >= 0.3 is 0 Å². The Morgan fingerprint density at radius 1 is 1.46 bits per heavy atom. The molecule has 1 aromatic heterocycles. The SMILES string of the molecule is Cc1nc(COc2ccc(F)cc2)sc1C(=O)N1CCC(CN)C1. The molecule has 7 heteroatoms. The Morgan fingerprint density at radius 2 is 2.21 bits per heavy atom. The van der Waals surface area contributed by atoms with E-state index in [1.807, 2.05) is 11.8 Å². The first-order chi connectivity index (χ1) is 11.6. The number of benzene rings is 1. The summed E-state index contributed by atoms with van der Waals surface area (Å²) >= 11 is 1.35. The van der Waals surface area contributed by atoms with Gasteiger partial charge in [0.05, 0.1) is 5.69 Å². The third-order valence-corrected chi connectivity index (χ3v) is 5.24. The van der Waals surface area contributed by atoms with E-state index in [1.165, 1.54) is 23.5 Å².